The molecule has 1 aromatic rings. The van der Waals surface area contributed by atoms with Crippen LogP contribution >= 0.6 is 0 Å². The Bertz CT molecular complexity index is 420. The highest BCUT2D eigenvalue weighted by atomic mass is 16.5. The second kappa shape index (κ2) is 10.3. The van der Waals surface area contributed by atoms with Crippen LogP contribution in [-0.4, -0.2) is 56.6 Å². The first-order chi connectivity index (χ1) is 9.80. The summed E-state index contributed by atoms with van der Waals surface area (Å²) in [5.74, 6) is 6.30. The van der Waals surface area contributed by atoms with Crippen molar-refractivity contribution in [1.29, 1.82) is 0 Å². The molecule has 0 aliphatic carbocycles. The third-order valence-electron chi connectivity index (χ3n) is 2.90. The minimum Gasteiger partial charge on any atom is -0.492 e. The topological polar surface area (TPSA) is 41.9 Å². The fraction of sp³-hybridized carbons (Fsp3) is 0.500. The molecule has 4 heteroatoms. The van der Waals surface area contributed by atoms with E-state index in [1.165, 1.54) is 0 Å². The predicted molar refractivity (Wildman–Crippen MR) is 79.9 cm³/mol. The Morgan fingerprint density at radius 3 is 2.45 bits per heavy atom. The largest absolute Gasteiger partial charge is 0.492 e. The fourth-order valence-electron chi connectivity index (χ4n) is 1.72. The molecule has 20 heavy (non-hydrogen) atoms. The summed E-state index contributed by atoms with van der Waals surface area (Å²) in [5.41, 5.74) is 0.877. The molecule has 0 heterocycles. The predicted octanol–water partition coefficient (Wildman–Crippen LogP) is 1.38. The summed E-state index contributed by atoms with van der Waals surface area (Å²) in [6.07, 6.45) is 0. The van der Waals surface area contributed by atoms with Gasteiger partial charge in [0.1, 0.15) is 19.0 Å². The van der Waals surface area contributed by atoms with Crippen LogP contribution < -0.4 is 4.74 Å². The molecule has 0 aliphatic rings. The van der Waals surface area contributed by atoms with E-state index in [0.29, 0.717) is 6.61 Å². The van der Waals surface area contributed by atoms with Crippen LogP contribution in [0.5, 0.6) is 5.75 Å². The Kier molecular flexibility index (Phi) is 8.48. The standard InChI is InChI=1S/C16H23NO3/c1-3-17(10-13-19-2)11-14-20-16-8-6-15(7-9-16)5-4-12-18/h6-9,18H,3,10-14H2,1-2H3. The Morgan fingerprint density at radius 2 is 1.85 bits per heavy atom. The molecule has 0 amide bonds. The Balaban J connectivity index is 2.34. The first kappa shape index (κ1) is 16.5. The zero-order valence-electron chi connectivity index (χ0n) is 12.3. The van der Waals surface area contributed by atoms with Gasteiger partial charge < -0.3 is 14.6 Å². The van der Waals surface area contributed by atoms with Crippen LogP contribution in [0, 0.1) is 11.8 Å². The third kappa shape index (κ3) is 6.58. The number of hydrogen-bond acceptors (Lipinski definition) is 4. The monoisotopic (exact) mass is 277 g/mol. The summed E-state index contributed by atoms with van der Waals surface area (Å²) in [6.45, 7) is 6.20. The minimum atomic E-state index is -0.118. The molecule has 0 saturated heterocycles. The zero-order valence-corrected chi connectivity index (χ0v) is 12.3. The molecule has 0 atom stereocenters. The average molecular weight is 277 g/mol. The van der Waals surface area contributed by atoms with E-state index in [9.17, 15) is 0 Å². The van der Waals surface area contributed by atoms with Crippen LogP contribution in [0.15, 0.2) is 24.3 Å². The molecule has 0 fully saturated rings. The summed E-state index contributed by atoms with van der Waals surface area (Å²) >= 11 is 0. The van der Waals surface area contributed by atoms with Gasteiger partial charge in [-0.2, -0.15) is 0 Å². The SMILES string of the molecule is CCN(CCOC)CCOc1ccc(C#CCO)cc1. The van der Waals surface area contributed by atoms with Crippen molar-refractivity contribution in [2.24, 2.45) is 0 Å². The molecular formula is C16H23NO3. The number of aliphatic hydroxyl groups excluding tert-OH is 1. The Morgan fingerprint density at radius 1 is 1.15 bits per heavy atom. The van der Waals surface area contributed by atoms with Gasteiger partial charge in [-0.25, -0.2) is 0 Å². The van der Waals surface area contributed by atoms with E-state index in [-0.39, 0.29) is 6.61 Å². The normalized spacial score (nSPS) is 10.2. The molecule has 1 rings (SSSR count). The van der Waals surface area contributed by atoms with Gasteiger partial charge in [0.05, 0.1) is 6.61 Å². The second-order valence-corrected chi connectivity index (χ2v) is 4.26. The maximum Gasteiger partial charge on any atom is 0.119 e. The molecule has 110 valence electrons. The highest BCUT2D eigenvalue weighted by molar-refractivity contribution is 5.38. The molecule has 0 aromatic heterocycles. The van der Waals surface area contributed by atoms with E-state index >= 15 is 0 Å². The number of ether oxygens (including phenoxy) is 2. The first-order valence-corrected chi connectivity index (χ1v) is 6.84. The van der Waals surface area contributed by atoms with E-state index in [4.69, 9.17) is 14.6 Å². The van der Waals surface area contributed by atoms with Gasteiger partial charge in [0.15, 0.2) is 0 Å². The zero-order chi connectivity index (χ0) is 14.6. The molecule has 1 N–H and O–H groups in total. The molecule has 0 aliphatic heterocycles. The number of rotatable bonds is 8. The molecule has 0 radical (unpaired) electrons. The average Bonchev–Trinajstić information content (AvgIpc) is 2.49. The lowest BCUT2D eigenvalue weighted by atomic mass is 10.2. The van der Waals surface area contributed by atoms with Crippen LogP contribution in [0.4, 0.5) is 0 Å². The summed E-state index contributed by atoms with van der Waals surface area (Å²) in [5, 5.41) is 8.62. The van der Waals surface area contributed by atoms with E-state index in [1.807, 2.05) is 24.3 Å². The lowest BCUT2D eigenvalue weighted by Crippen LogP contribution is -2.31. The van der Waals surface area contributed by atoms with Crippen molar-refractivity contribution in [1.82, 2.24) is 4.90 Å². The van der Waals surface area contributed by atoms with Crippen LogP contribution in [0.3, 0.4) is 0 Å². The fourth-order valence-corrected chi connectivity index (χ4v) is 1.72. The van der Waals surface area contributed by atoms with Crippen molar-refractivity contribution < 1.29 is 14.6 Å². The lowest BCUT2D eigenvalue weighted by Gasteiger charge is -2.19. The van der Waals surface area contributed by atoms with E-state index in [0.717, 1.165) is 37.6 Å². The van der Waals surface area contributed by atoms with E-state index < -0.39 is 0 Å². The van der Waals surface area contributed by atoms with Gasteiger partial charge >= 0.3 is 0 Å². The number of aliphatic hydroxyl groups is 1. The number of methoxy groups -OCH3 is 1. The van der Waals surface area contributed by atoms with Crippen molar-refractivity contribution in [2.75, 3.05) is 46.6 Å². The van der Waals surface area contributed by atoms with E-state index in [2.05, 4.69) is 23.7 Å². The lowest BCUT2D eigenvalue weighted by molar-refractivity contribution is 0.138. The molecule has 1 aromatic carbocycles. The summed E-state index contributed by atoms with van der Waals surface area (Å²) in [7, 11) is 1.71. The number of hydrogen-bond donors (Lipinski definition) is 1. The van der Waals surface area contributed by atoms with Crippen molar-refractivity contribution in [3.63, 3.8) is 0 Å². The molecule has 0 bridgehead atoms. The third-order valence-corrected chi connectivity index (χ3v) is 2.90. The smallest absolute Gasteiger partial charge is 0.119 e. The highest BCUT2D eigenvalue weighted by Crippen LogP contribution is 2.11. The first-order valence-electron chi connectivity index (χ1n) is 6.84. The Labute approximate surface area is 121 Å². The van der Waals surface area contributed by atoms with E-state index in [1.54, 1.807) is 7.11 Å². The van der Waals surface area contributed by atoms with Crippen molar-refractivity contribution >= 4 is 0 Å². The number of benzene rings is 1. The van der Waals surface area contributed by atoms with Crippen LogP contribution in [0.1, 0.15) is 12.5 Å². The second-order valence-electron chi connectivity index (χ2n) is 4.26. The quantitative estimate of drug-likeness (QED) is 0.729. The van der Waals surface area contributed by atoms with Crippen molar-refractivity contribution in [3.05, 3.63) is 29.8 Å². The molecule has 0 unspecified atom stereocenters. The number of nitrogens with zero attached hydrogens (tertiary/aromatic N) is 1. The van der Waals surface area contributed by atoms with Gasteiger partial charge in [0, 0.05) is 25.8 Å². The molecule has 0 saturated carbocycles. The molecular weight excluding hydrogens is 254 g/mol. The van der Waals surface area contributed by atoms with Crippen LogP contribution in [0.2, 0.25) is 0 Å². The van der Waals surface area contributed by atoms with Gasteiger partial charge in [-0.15, -0.1) is 0 Å². The summed E-state index contributed by atoms with van der Waals surface area (Å²) in [4.78, 5) is 2.28. The minimum absolute atomic E-state index is 0.118. The summed E-state index contributed by atoms with van der Waals surface area (Å²) < 4.78 is 10.8. The van der Waals surface area contributed by atoms with Gasteiger partial charge in [-0.1, -0.05) is 18.8 Å². The van der Waals surface area contributed by atoms with Gasteiger partial charge in [0.25, 0.3) is 0 Å². The maximum atomic E-state index is 8.62. The van der Waals surface area contributed by atoms with Crippen LogP contribution in [-0.2, 0) is 4.74 Å². The van der Waals surface area contributed by atoms with Crippen molar-refractivity contribution in [3.8, 4) is 17.6 Å². The molecule has 0 spiro atoms. The molecule has 4 nitrogen and oxygen atoms in total. The highest BCUT2D eigenvalue weighted by Gasteiger charge is 2.02. The van der Waals surface area contributed by atoms with Gasteiger partial charge in [-0.05, 0) is 30.8 Å². The van der Waals surface area contributed by atoms with Crippen LogP contribution in [0.25, 0.3) is 0 Å². The van der Waals surface area contributed by atoms with Gasteiger partial charge in [0.2, 0.25) is 0 Å². The Hall–Kier alpha value is -1.54. The van der Waals surface area contributed by atoms with Gasteiger partial charge in [-0.3, -0.25) is 4.90 Å². The summed E-state index contributed by atoms with van der Waals surface area (Å²) in [6, 6.07) is 7.57. The maximum absolute atomic E-state index is 8.62. The van der Waals surface area contributed by atoms with Crippen molar-refractivity contribution in [2.45, 2.75) is 6.92 Å². The number of likely N-dealkylation sites (N-methyl/N-ethyl adjacent to an activating group) is 1.